The topological polar surface area (TPSA) is 58.4 Å². The molecule has 3 rings (SSSR count). The zero-order valence-electron chi connectivity index (χ0n) is 11.3. The van der Waals surface area contributed by atoms with Crippen molar-refractivity contribution >= 4 is 17.2 Å². The Morgan fingerprint density at radius 2 is 2.55 bits per heavy atom. The van der Waals surface area contributed by atoms with Crippen LogP contribution in [0.3, 0.4) is 0 Å². The number of carbonyl (C=O) groups is 1. The van der Waals surface area contributed by atoms with Gasteiger partial charge in [-0.25, -0.2) is 4.98 Å². The molecule has 1 saturated heterocycles. The summed E-state index contributed by atoms with van der Waals surface area (Å²) >= 11 is 1.54. The molecule has 0 spiro atoms. The second kappa shape index (κ2) is 5.76. The van der Waals surface area contributed by atoms with Crippen LogP contribution >= 0.6 is 11.3 Å². The average molecular weight is 291 g/mol. The number of rotatable bonds is 3. The van der Waals surface area contributed by atoms with Crippen molar-refractivity contribution in [3.63, 3.8) is 0 Å². The molecule has 0 aliphatic carbocycles. The average Bonchev–Trinajstić information content (AvgIpc) is 3.09. The van der Waals surface area contributed by atoms with Crippen molar-refractivity contribution in [2.75, 3.05) is 19.6 Å². The molecule has 6 heteroatoms. The summed E-state index contributed by atoms with van der Waals surface area (Å²) in [6.07, 6.45) is 3.67. The monoisotopic (exact) mass is 291 g/mol. The van der Waals surface area contributed by atoms with Crippen LogP contribution in [-0.4, -0.2) is 41.5 Å². The molecule has 2 aromatic heterocycles. The summed E-state index contributed by atoms with van der Waals surface area (Å²) in [5, 5.41) is 6.14. The van der Waals surface area contributed by atoms with E-state index in [0.29, 0.717) is 6.42 Å². The van der Waals surface area contributed by atoms with E-state index in [4.69, 9.17) is 4.42 Å². The summed E-state index contributed by atoms with van der Waals surface area (Å²) in [4.78, 5) is 18.8. The van der Waals surface area contributed by atoms with Gasteiger partial charge in [0.25, 0.3) is 0 Å². The summed E-state index contributed by atoms with van der Waals surface area (Å²) in [5.74, 6) is 0.156. The molecule has 2 aromatic rings. The van der Waals surface area contributed by atoms with E-state index in [-0.39, 0.29) is 11.9 Å². The Labute approximate surface area is 121 Å². The van der Waals surface area contributed by atoms with Crippen molar-refractivity contribution in [2.45, 2.75) is 19.4 Å². The van der Waals surface area contributed by atoms with Gasteiger partial charge in [0.1, 0.15) is 11.3 Å². The zero-order valence-corrected chi connectivity index (χ0v) is 12.2. The van der Waals surface area contributed by atoms with Crippen LogP contribution in [0.25, 0.3) is 10.6 Å². The number of hydrogen-bond acceptors (Lipinski definition) is 5. The van der Waals surface area contributed by atoms with Crippen LogP contribution in [0.5, 0.6) is 0 Å². The Kier molecular flexibility index (Phi) is 3.84. The van der Waals surface area contributed by atoms with Gasteiger partial charge < -0.3 is 14.6 Å². The number of nitrogens with zero attached hydrogens (tertiary/aromatic N) is 2. The van der Waals surface area contributed by atoms with E-state index in [1.165, 1.54) is 0 Å². The molecule has 0 radical (unpaired) electrons. The van der Waals surface area contributed by atoms with Gasteiger partial charge in [0.05, 0.1) is 18.4 Å². The van der Waals surface area contributed by atoms with Crippen molar-refractivity contribution < 1.29 is 9.21 Å². The standard InChI is InChI=1S/C14H17N3O2S/c1-10-7-15-3-4-17(10)13(18)6-12-9-20-14(16-12)11-2-5-19-8-11/h2,5,8-10,15H,3-4,6-7H2,1H3/t10-/m1/s1. The quantitative estimate of drug-likeness (QED) is 0.936. The molecule has 5 nitrogen and oxygen atoms in total. The molecule has 1 aliphatic rings. The molecule has 1 aliphatic heterocycles. The predicted octanol–water partition coefficient (Wildman–Crippen LogP) is 1.77. The normalized spacial score (nSPS) is 19.2. The van der Waals surface area contributed by atoms with Crippen molar-refractivity contribution in [2.24, 2.45) is 0 Å². The van der Waals surface area contributed by atoms with Gasteiger partial charge in [-0.1, -0.05) is 0 Å². The molecular formula is C14H17N3O2S. The SMILES string of the molecule is C[C@@H]1CNCCN1C(=O)Cc1csc(-c2ccoc2)n1. The van der Waals surface area contributed by atoms with E-state index in [1.807, 2.05) is 16.3 Å². The highest BCUT2D eigenvalue weighted by atomic mass is 32.1. The first-order valence-electron chi connectivity index (χ1n) is 6.71. The Hall–Kier alpha value is -1.66. The van der Waals surface area contributed by atoms with Crippen LogP contribution in [0.1, 0.15) is 12.6 Å². The number of furan rings is 1. The second-order valence-electron chi connectivity index (χ2n) is 4.97. The fourth-order valence-corrected chi connectivity index (χ4v) is 3.18. The van der Waals surface area contributed by atoms with Gasteiger partial charge in [-0.2, -0.15) is 0 Å². The third kappa shape index (κ3) is 2.76. The fourth-order valence-electron chi connectivity index (χ4n) is 2.37. The Bertz CT molecular complexity index is 579. The number of carbonyl (C=O) groups excluding carboxylic acids is 1. The highest BCUT2D eigenvalue weighted by Gasteiger charge is 2.23. The van der Waals surface area contributed by atoms with Gasteiger partial charge in [-0.15, -0.1) is 11.3 Å². The molecule has 0 saturated carbocycles. The van der Waals surface area contributed by atoms with Gasteiger partial charge in [0.15, 0.2) is 0 Å². The molecule has 1 fully saturated rings. The molecule has 106 valence electrons. The number of hydrogen-bond donors (Lipinski definition) is 1. The second-order valence-corrected chi connectivity index (χ2v) is 5.83. The summed E-state index contributed by atoms with van der Waals surface area (Å²) in [6.45, 7) is 4.58. The van der Waals surface area contributed by atoms with Gasteiger partial charge in [0.2, 0.25) is 5.91 Å². The highest BCUT2D eigenvalue weighted by molar-refractivity contribution is 7.13. The van der Waals surface area contributed by atoms with Crippen molar-refractivity contribution in [3.8, 4) is 10.6 Å². The maximum atomic E-state index is 12.3. The summed E-state index contributed by atoms with van der Waals surface area (Å²) in [7, 11) is 0. The minimum absolute atomic E-state index is 0.156. The smallest absolute Gasteiger partial charge is 0.228 e. The van der Waals surface area contributed by atoms with Crippen molar-refractivity contribution in [3.05, 3.63) is 29.7 Å². The number of piperazine rings is 1. The lowest BCUT2D eigenvalue weighted by Gasteiger charge is -2.33. The summed E-state index contributed by atoms with van der Waals surface area (Å²) in [5.41, 5.74) is 1.80. The number of aromatic nitrogens is 1. The zero-order chi connectivity index (χ0) is 13.9. The lowest BCUT2D eigenvalue weighted by Crippen LogP contribution is -2.52. The lowest BCUT2D eigenvalue weighted by atomic mass is 10.2. The minimum Gasteiger partial charge on any atom is -0.472 e. The highest BCUT2D eigenvalue weighted by Crippen LogP contribution is 2.24. The Balaban J connectivity index is 1.67. The molecular weight excluding hydrogens is 274 g/mol. The van der Waals surface area contributed by atoms with Crippen LogP contribution in [0, 0.1) is 0 Å². The molecule has 0 aromatic carbocycles. The van der Waals surface area contributed by atoms with E-state index in [9.17, 15) is 4.79 Å². The van der Waals surface area contributed by atoms with Crippen molar-refractivity contribution in [1.82, 2.24) is 15.2 Å². The molecule has 1 amide bonds. The van der Waals surface area contributed by atoms with Gasteiger partial charge >= 0.3 is 0 Å². The van der Waals surface area contributed by atoms with Crippen molar-refractivity contribution in [1.29, 1.82) is 0 Å². The van der Waals surface area contributed by atoms with Gasteiger partial charge in [-0.05, 0) is 13.0 Å². The maximum absolute atomic E-state index is 12.3. The number of amides is 1. The van der Waals surface area contributed by atoms with Crippen LogP contribution in [0.4, 0.5) is 0 Å². The van der Waals surface area contributed by atoms with Crippen LogP contribution in [0.15, 0.2) is 28.4 Å². The third-order valence-corrected chi connectivity index (χ3v) is 4.41. The lowest BCUT2D eigenvalue weighted by molar-refractivity contribution is -0.133. The van der Waals surface area contributed by atoms with Crippen LogP contribution in [-0.2, 0) is 11.2 Å². The Morgan fingerprint density at radius 1 is 1.65 bits per heavy atom. The third-order valence-electron chi connectivity index (χ3n) is 3.47. The van der Waals surface area contributed by atoms with Crippen LogP contribution < -0.4 is 5.32 Å². The Morgan fingerprint density at radius 3 is 3.30 bits per heavy atom. The first-order chi connectivity index (χ1) is 9.74. The van der Waals surface area contributed by atoms with Crippen LogP contribution in [0.2, 0.25) is 0 Å². The molecule has 0 bridgehead atoms. The fraction of sp³-hybridized carbons (Fsp3) is 0.429. The largest absolute Gasteiger partial charge is 0.472 e. The molecule has 20 heavy (non-hydrogen) atoms. The molecule has 0 unspecified atom stereocenters. The van der Waals surface area contributed by atoms with E-state index >= 15 is 0 Å². The number of thiazole rings is 1. The predicted molar refractivity (Wildman–Crippen MR) is 77.6 cm³/mol. The van der Waals surface area contributed by atoms with Gasteiger partial charge in [0, 0.05) is 36.6 Å². The molecule has 1 atom stereocenters. The molecule has 3 heterocycles. The summed E-state index contributed by atoms with van der Waals surface area (Å²) in [6, 6.07) is 2.13. The first-order valence-corrected chi connectivity index (χ1v) is 7.59. The number of nitrogens with one attached hydrogen (secondary N) is 1. The van der Waals surface area contributed by atoms with E-state index in [0.717, 1.165) is 35.9 Å². The van der Waals surface area contributed by atoms with E-state index < -0.39 is 0 Å². The summed E-state index contributed by atoms with van der Waals surface area (Å²) < 4.78 is 5.05. The van der Waals surface area contributed by atoms with E-state index in [1.54, 1.807) is 23.9 Å². The maximum Gasteiger partial charge on any atom is 0.228 e. The minimum atomic E-state index is 0.156. The van der Waals surface area contributed by atoms with Gasteiger partial charge in [-0.3, -0.25) is 4.79 Å². The first kappa shape index (κ1) is 13.3. The molecule has 1 N–H and O–H groups in total. The van der Waals surface area contributed by atoms with E-state index in [2.05, 4.69) is 17.2 Å².